The van der Waals surface area contributed by atoms with Crippen LogP contribution in [0.3, 0.4) is 0 Å². The lowest BCUT2D eigenvalue weighted by atomic mass is 9.95. The number of carbonyl (C=O) groups excluding carboxylic acids is 1. The van der Waals surface area contributed by atoms with E-state index in [0.717, 1.165) is 0 Å². The SMILES string of the molecule is CC(C)C(O)CCNC(=O)NC(C)C(C)c1ccccc1. The van der Waals surface area contributed by atoms with Crippen LogP contribution in [0.1, 0.15) is 45.6 Å². The highest BCUT2D eigenvalue weighted by Gasteiger charge is 2.16. The Balaban J connectivity index is 2.34. The van der Waals surface area contributed by atoms with Crippen molar-refractivity contribution in [1.82, 2.24) is 10.6 Å². The van der Waals surface area contributed by atoms with Crippen LogP contribution in [0.15, 0.2) is 30.3 Å². The Labute approximate surface area is 128 Å². The third kappa shape index (κ3) is 6.17. The van der Waals surface area contributed by atoms with Crippen molar-refractivity contribution in [3.63, 3.8) is 0 Å². The minimum absolute atomic E-state index is 0.0439. The molecule has 1 aromatic rings. The van der Waals surface area contributed by atoms with Gasteiger partial charge < -0.3 is 15.7 Å². The number of rotatable bonds is 7. The number of benzene rings is 1. The number of nitrogens with one attached hydrogen (secondary N) is 2. The minimum Gasteiger partial charge on any atom is -0.393 e. The lowest BCUT2D eigenvalue weighted by molar-refractivity contribution is 0.116. The minimum atomic E-state index is -0.369. The summed E-state index contributed by atoms with van der Waals surface area (Å²) in [5.74, 6) is 0.463. The summed E-state index contributed by atoms with van der Waals surface area (Å²) in [6.45, 7) is 8.52. The second-order valence-electron chi connectivity index (χ2n) is 5.99. The van der Waals surface area contributed by atoms with Gasteiger partial charge in [0.2, 0.25) is 0 Å². The van der Waals surface area contributed by atoms with Gasteiger partial charge in [-0.15, -0.1) is 0 Å². The molecule has 3 N–H and O–H groups in total. The van der Waals surface area contributed by atoms with Crippen LogP contribution in [0, 0.1) is 5.92 Å². The van der Waals surface area contributed by atoms with E-state index >= 15 is 0 Å². The predicted molar refractivity (Wildman–Crippen MR) is 86.3 cm³/mol. The van der Waals surface area contributed by atoms with Gasteiger partial charge in [0, 0.05) is 18.5 Å². The van der Waals surface area contributed by atoms with Crippen LogP contribution in [0.2, 0.25) is 0 Å². The zero-order valence-corrected chi connectivity index (χ0v) is 13.5. The maximum Gasteiger partial charge on any atom is 0.315 e. The number of amides is 2. The molecule has 3 atom stereocenters. The number of hydrogen-bond acceptors (Lipinski definition) is 2. The van der Waals surface area contributed by atoms with Gasteiger partial charge in [0.25, 0.3) is 0 Å². The van der Waals surface area contributed by atoms with E-state index in [1.54, 1.807) is 0 Å². The molecule has 3 unspecified atom stereocenters. The molecule has 4 heteroatoms. The first-order valence-electron chi connectivity index (χ1n) is 7.69. The molecular formula is C17H28N2O2. The van der Waals surface area contributed by atoms with Crippen molar-refractivity contribution in [1.29, 1.82) is 0 Å². The van der Waals surface area contributed by atoms with Crippen LogP contribution in [-0.2, 0) is 0 Å². The number of aliphatic hydroxyl groups excluding tert-OH is 1. The summed E-state index contributed by atoms with van der Waals surface area (Å²) in [4.78, 5) is 11.8. The number of urea groups is 1. The Bertz CT molecular complexity index is 420. The Morgan fingerprint density at radius 3 is 2.33 bits per heavy atom. The topological polar surface area (TPSA) is 61.4 Å². The molecule has 0 saturated carbocycles. The van der Waals surface area contributed by atoms with Crippen LogP contribution < -0.4 is 10.6 Å². The first-order valence-corrected chi connectivity index (χ1v) is 7.69. The number of aliphatic hydroxyl groups is 1. The standard InChI is InChI=1S/C17H28N2O2/c1-12(2)16(20)10-11-18-17(21)19-14(4)13(3)15-8-6-5-7-9-15/h5-9,12-14,16,20H,10-11H2,1-4H3,(H2,18,19,21). The lowest BCUT2D eigenvalue weighted by Crippen LogP contribution is -2.43. The number of carbonyl (C=O) groups is 1. The molecule has 0 heterocycles. The molecule has 4 nitrogen and oxygen atoms in total. The van der Waals surface area contributed by atoms with Gasteiger partial charge in [0.1, 0.15) is 0 Å². The molecule has 1 aromatic carbocycles. The van der Waals surface area contributed by atoms with Crippen molar-refractivity contribution < 1.29 is 9.90 Å². The van der Waals surface area contributed by atoms with Crippen molar-refractivity contribution in [2.75, 3.05) is 6.54 Å². The third-order valence-corrected chi connectivity index (χ3v) is 3.93. The highest BCUT2D eigenvalue weighted by atomic mass is 16.3. The average Bonchev–Trinajstić information content (AvgIpc) is 2.46. The molecule has 1 rings (SSSR count). The normalized spacial score (nSPS) is 15.3. The molecule has 0 aromatic heterocycles. The van der Waals surface area contributed by atoms with Gasteiger partial charge in [-0.3, -0.25) is 0 Å². The third-order valence-electron chi connectivity index (χ3n) is 3.93. The molecule has 0 aliphatic rings. The van der Waals surface area contributed by atoms with E-state index in [4.69, 9.17) is 0 Å². The van der Waals surface area contributed by atoms with Crippen molar-refractivity contribution in [3.05, 3.63) is 35.9 Å². The predicted octanol–water partition coefficient (Wildman–Crippen LogP) is 2.88. The fourth-order valence-electron chi connectivity index (χ4n) is 2.10. The number of hydrogen-bond donors (Lipinski definition) is 3. The highest BCUT2D eigenvalue weighted by Crippen LogP contribution is 2.18. The van der Waals surface area contributed by atoms with Crippen LogP contribution in [0.4, 0.5) is 4.79 Å². The molecule has 2 amide bonds. The zero-order valence-electron chi connectivity index (χ0n) is 13.5. The molecular weight excluding hydrogens is 264 g/mol. The van der Waals surface area contributed by atoms with E-state index in [2.05, 4.69) is 29.7 Å². The van der Waals surface area contributed by atoms with Crippen LogP contribution >= 0.6 is 0 Å². The van der Waals surface area contributed by atoms with Crippen LogP contribution in [-0.4, -0.2) is 29.8 Å². The second kappa shape index (κ2) is 8.67. The van der Waals surface area contributed by atoms with E-state index in [9.17, 15) is 9.90 Å². The maximum atomic E-state index is 11.8. The van der Waals surface area contributed by atoms with Crippen molar-refractivity contribution in [2.24, 2.45) is 5.92 Å². The summed E-state index contributed by atoms with van der Waals surface area (Å²) in [6.07, 6.45) is 0.208. The monoisotopic (exact) mass is 292 g/mol. The Kier molecular flexibility index (Phi) is 7.23. The molecule has 0 fully saturated rings. The highest BCUT2D eigenvalue weighted by molar-refractivity contribution is 5.74. The fraction of sp³-hybridized carbons (Fsp3) is 0.588. The van der Waals surface area contributed by atoms with Crippen molar-refractivity contribution in [3.8, 4) is 0 Å². The zero-order chi connectivity index (χ0) is 15.8. The Morgan fingerprint density at radius 2 is 1.76 bits per heavy atom. The van der Waals surface area contributed by atoms with Crippen LogP contribution in [0.5, 0.6) is 0 Å². The summed E-state index contributed by atoms with van der Waals surface area (Å²) < 4.78 is 0. The van der Waals surface area contributed by atoms with Gasteiger partial charge in [0.05, 0.1) is 6.10 Å². The molecule has 118 valence electrons. The first-order chi connectivity index (χ1) is 9.91. The van der Waals surface area contributed by atoms with Crippen molar-refractivity contribution >= 4 is 6.03 Å². The summed E-state index contributed by atoms with van der Waals surface area (Å²) >= 11 is 0. The average molecular weight is 292 g/mol. The quantitative estimate of drug-likeness (QED) is 0.723. The molecule has 0 radical (unpaired) electrons. The molecule has 0 aliphatic heterocycles. The van der Waals surface area contributed by atoms with E-state index in [-0.39, 0.29) is 30.0 Å². The summed E-state index contributed by atoms with van der Waals surface area (Å²) in [6, 6.07) is 10.0. The molecule has 21 heavy (non-hydrogen) atoms. The molecule has 0 spiro atoms. The second-order valence-corrected chi connectivity index (χ2v) is 5.99. The summed E-state index contributed by atoms with van der Waals surface area (Å²) in [5.41, 5.74) is 1.21. The summed E-state index contributed by atoms with van der Waals surface area (Å²) in [7, 11) is 0. The maximum absolute atomic E-state index is 11.8. The Hall–Kier alpha value is -1.55. The van der Waals surface area contributed by atoms with Gasteiger partial charge in [-0.1, -0.05) is 51.1 Å². The summed E-state index contributed by atoms with van der Waals surface area (Å²) in [5, 5.41) is 15.4. The van der Waals surface area contributed by atoms with Gasteiger partial charge in [-0.2, -0.15) is 0 Å². The largest absolute Gasteiger partial charge is 0.393 e. The molecule has 0 aliphatic carbocycles. The smallest absolute Gasteiger partial charge is 0.315 e. The van der Waals surface area contributed by atoms with Gasteiger partial charge in [-0.25, -0.2) is 4.79 Å². The van der Waals surface area contributed by atoms with Crippen molar-refractivity contribution in [2.45, 2.75) is 52.2 Å². The van der Waals surface area contributed by atoms with E-state index < -0.39 is 0 Å². The molecule has 0 bridgehead atoms. The first kappa shape index (κ1) is 17.5. The van der Waals surface area contributed by atoms with Gasteiger partial charge >= 0.3 is 6.03 Å². The van der Waals surface area contributed by atoms with E-state index in [1.165, 1.54) is 5.56 Å². The van der Waals surface area contributed by atoms with E-state index in [0.29, 0.717) is 13.0 Å². The lowest BCUT2D eigenvalue weighted by Gasteiger charge is -2.22. The van der Waals surface area contributed by atoms with Gasteiger partial charge in [-0.05, 0) is 24.8 Å². The van der Waals surface area contributed by atoms with Crippen LogP contribution in [0.25, 0.3) is 0 Å². The Morgan fingerprint density at radius 1 is 1.14 bits per heavy atom. The van der Waals surface area contributed by atoms with E-state index in [1.807, 2.05) is 39.0 Å². The molecule has 0 saturated heterocycles. The fourth-order valence-corrected chi connectivity index (χ4v) is 2.10. The van der Waals surface area contributed by atoms with Gasteiger partial charge in [0.15, 0.2) is 0 Å².